The van der Waals surface area contributed by atoms with Crippen molar-refractivity contribution in [2.45, 2.75) is 26.4 Å². The number of hydrogen-bond donors (Lipinski definition) is 2. The molecule has 98 valence electrons. The Morgan fingerprint density at radius 3 is 2.50 bits per heavy atom. The van der Waals surface area contributed by atoms with Gasteiger partial charge in [0.05, 0.1) is 0 Å². The van der Waals surface area contributed by atoms with E-state index in [1.54, 1.807) is 18.2 Å². The van der Waals surface area contributed by atoms with Crippen molar-refractivity contribution in [3.05, 3.63) is 35.8 Å². The van der Waals surface area contributed by atoms with Crippen molar-refractivity contribution in [3.63, 3.8) is 0 Å². The number of halogens is 1. The minimum atomic E-state index is -1.32. The lowest BCUT2D eigenvalue weighted by atomic mass is 9.75. The topological polar surface area (TPSA) is 59.4 Å². The predicted molar refractivity (Wildman–Crippen MR) is 68.6 cm³/mol. The van der Waals surface area contributed by atoms with Crippen LogP contribution in [0.3, 0.4) is 0 Å². The Bertz CT molecular complexity index is 571. The molecule has 0 aliphatic carbocycles. The first-order valence-electron chi connectivity index (χ1n) is 5.90. The van der Waals surface area contributed by atoms with E-state index in [0.29, 0.717) is 11.1 Å². The molecule has 0 saturated heterocycles. The van der Waals surface area contributed by atoms with Crippen LogP contribution in [0.25, 0.3) is 11.0 Å². The normalized spacial score (nSPS) is 15.9. The lowest BCUT2D eigenvalue weighted by Gasteiger charge is -2.37. The molecule has 3 N–H and O–H groups in total. The number of para-hydroxylation sites is 1. The SMILES string of the molecule is CC(C)(C)C(O)(CN)c1cc2cccc(F)c2o1. The molecular weight excluding hydrogens is 233 g/mol. The van der Waals surface area contributed by atoms with E-state index in [1.807, 2.05) is 20.8 Å². The zero-order valence-electron chi connectivity index (χ0n) is 10.8. The molecule has 1 heterocycles. The highest BCUT2D eigenvalue weighted by Crippen LogP contribution is 2.40. The largest absolute Gasteiger partial charge is 0.455 e. The Morgan fingerprint density at radius 2 is 2.00 bits per heavy atom. The summed E-state index contributed by atoms with van der Waals surface area (Å²) in [5, 5.41) is 11.3. The second kappa shape index (κ2) is 4.07. The van der Waals surface area contributed by atoms with Gasteiger partial charge in [-0.25, -0.2) is 4.39 Å². The lowest BCUT2D eigenvalue weighted by Crippen LogP contribution is -2.46. The van der Waals surface area contributed by atoms with E-state index in [4.69, 9.17) is 10.2 Å². The number of furan rings is 1. The molecule has 2 rings (SSSR count). The summed E-state index contributed by atoms with van der Waals surface area (Å²) in [4.78, 5) is 0. The van der Waals surface area contributed by atoms with Crippen LogP contribution in [0.2, 0.25) is 0 Å². The molecule has 0 bridgehead atoms. The van der Waals surface area contributed by atoms with Crippen molar-refractivity contribution >= 4 is 11.0 Å². The fourth-order valence-corrected chi connectivity index (χ4v) is 2.01. The third-order valence-corrected chi connectivity index (χ3v) is 3.44. The van der Waals surface area contributed by atoms with Crippen LogP contribution in [0.5, 0.6) is 0 Å². The van der Waals surface area contributed by atoms with Crippen molar-refractivity contribution in [2.75, 3.05) is 6.54 Å². The van der Waals surface area contributed by atoms with Gasteiger partial charge in [0.2, 0.25) is 0 Å². The van der Waals surface area contributed by atoms with E-state index in [9.17, 15) is 9.50 Å². The highest BCUT2D eigenvalue weighted by Gasteiger charge is 2.43. The van der Waals surface area contributed by atoms with Gasteiger partial charge in [0.1, 0.15) is 11.4 Å². The van der Waals surface area contributed by atoms with Gasteiger partial charge >= 0.3 is 0 Å². The van der Waals surface area contributed by atoms with Gasteiger partial charge in [0.15, 0.2) is 11.4 Å². The van der Waals surface area contributed by atoms with Gasteiger partial charge in [-0.05, 0) is 17.5 Å². The number of rotatable bonds is 2. The fraction of sp³-hybridized carbons (Fsp3) is 0.429. The van der Waals surface area contributed by atoms with Gasteiger partial charge in [0, 0.05) is 11.9 Å². The van der Waals surface area contributed by atoms with Crippen LogP contribution < -0.4 is 5.73 Å². The quantitative estimate of drug-likeness (QED) is 0.862. The lowest BCUT2D eigenvalue weighted by molar-refractivity contribution is -0.0711. The summed E-state index contributed by atoms with van der Waals surface area (Å²) in [5.41, 5.74) is 4.01. The highest BCUT2D eigenvalue weighted by atomic mass is 19.1. The molecule has 1 aromatic heterocycles. The molecular formula is C14H18FNO2. The molecule has 1 unspecified atom stereocenters. The molecule has 0 amide bonds. The molecule has 1 atom stereocenters. The standard InChI is InChI=1S/C14H18FNO2/c1-13(2,3)14(17,8-16)11-7-9-5-4-6-10(15)12(9)18-11/h4-7,17H,8,16H2,1-3H3. The summed E-state index contributed by atoms with van der Waals surface area (Å²) in [6.45, 7) is 5.61. The maximum absolute atomic E-state index is 13.6. The van der Waals surface area contributed by atoms with Crippen molar-refractivity contribution < 1.29 is 13.9 Å². The van der Waals surface area contributed by atoms with Crippen LogP contribution in [0.4, 0.5) is 4.39 Å². The van der Waals surface area contributed by atoms with Crippen molar-refractivity contribution in [1.29, 1.82) is 0 Å². The maximum atomic E-state index is 13.6. The number of benzene rings is 1. The van der Waals surface area contributed by atoms with Crippen molar-refractivity contribution in [2.24, 2.45) is 11.1 Å². The average molecular weight is 251 g/mol. The monoisotopic (exact) mass is 251 g/mol. The third-order valence-electron chi connectivity index (χ3n) is 3.44. The van der Waals surface area contributed by atoms with Gasteiger partial charge < -0.3 is 15.3 Å². The van der Waals surface area contributed by atoms with Gasteiger partial charge in [-0.2, -0.15) is 0 Å². The molecule has 4 heteroatoms. The molecule has 0 aliphatic heterocycles. The van der Waals surface area contributed by atoms with E-state index in [0.717, 1.165) is 0 Å². The summed E-state index contributed by atoms with van der Waals surface area (Å²) >= 11 is 0. The Kier molecular flexibility index (Phi) is 2.95. The molecule has 18 heavy (non-hydrogen) atoms. The zero-order chi connectivity index (χ0) is 13.6. The second-order valence-electron chi connectivity index (χ2n) is 5.58. The number of aliphatic hydroxyl groups is 1. The summed E-state index contributed by atoms with van der Waals surface area (Å²) in [6.07, 6.45) is 0. The molecule has 0 aliphatic rings. The second-order valence-corrected chi connectivity index (χ2v) is 5.58. The predicted octanol–water partition coefficient (Wildman–Crippen LogP) is 2.76. The van der Waals surface area contributed by atoms with Crippen LogP contribution in [0.15, 0.2) is 28.7 Å². The smallest absolute Gasteiger partial charge is 0.170 e. The molecule has 3 nitrogen and oxygen atoms in total. The molecule has 0 radical (unpaired) electrons. The van der Waals surface area contributed by atoms with Gasteiger partial charge in [0.25, 0.3) is 0 Å². The minimum absolute atomic E-state index is 0.0118. The average Bonchev–Trinajstić information content (AvgIpc) is 2.72. The van der Waals surface area contributed by atoms with Crippen molar-refractivity contribution in [3.8, 4) is 0 Å². The Hall–Kier alpha value is -1.39. The minimum Gasteiger partial charge on any atom is -0.455 e. The number of nitrogens with two attached hydrogens (primary N) is 1. The van der Waals surface area contributed by atoms with E-state index >= 15 is 0 Å². The third kappa shape index (κ3) is 1.82. The Labute approximate surface area is 105 Å². The van der Waals surface area contributed by atoms with Crippen molar-refractivity contribution in [1.82, 2.24) is 0 Å². The fourth-order valence-electron chi connectivity index (χ4n) is 2.01. The van der Waals surface area contributed by atoms with Gasteiger partial charge in [-0.3, -0.25) is 0 Å². The van der Waals surface area contributed by atoms with E-state index in [1.165, 1.54) is 6.07 Å². The molecule has 0 saturated carbocycles. The van der Waals surface area contributed by atoms with Crippen LogP contribution in [-0.4, -0.2) is 11.7 Å². The van der Waals surface area contributed by atoms with E-state index < -0.39 is 16.8 Å². The summed E-state index contributed by atoms with van der Waals surface area (Å²) in [7, 11) is 0. The van der Waals surface area contributed by atoms with Crippen LogP contribution in [0, 0.1) is 11.2 Å². The maximum Gasteiger partial charge on any atom is 0.170 e. The molecule has 0 spiro atoms. The van der Waals surface area contributed by atoms with Crippen LogP contribution in [-0.2, 0) is 5.60 Å². The first-order valence-corrected chi connectivity index (χ1v) is 5.90. The Balaban J connectivity index is 2.64. The van der Waals surface area contributed by atoms with Gasteiger partial charge in [-0.15, -0.1) is 0 Å². The Morgan fingerprint density at radius 1 is 1.33 bits per heavy atom. The number of hydrogen-bond acceptors (Lipinski definition) is 3. The summed E-state index contributed by atoms with van der Waals surface area (Å²) in [5.74, 6) is -0.135. The van der Waals surface area contributed by atoms with Crippen LogP contribution in [0.1, 0.15) is 26.5 Å². The summed E-state index contributed by atoms with van der Waals surface area (Å²) in [6, 6.07) is 6.32. The summed E-state index contributed by atoms with van der Waals surface area (Å²) < 4.78 is 19.1. The van der Waals surface area contributed by atoms with E-state index in [-0.39, 0.29) is 12.1 Å². The van der Waals surface area contributed by atoms with Crippen LogP contribution >= 0.6 is 0 Å². The first kappa shape index (κ1) is 13.1. The highest BCUT2D eigenvalue weighted by molar-refractivity contribution is 5.78. The first-order chi connectivity index (χ1) is 8.29. The molecule has 0 fully saturated rings. The van der Waals surface area contributed by atoms with Gasteiger partial charge in [-0.1, -0.05) is 32.9 Å². The zero-order valence-corrected chi connectivity index (χ0v) is 10.8. The molecule has 2 aromatic rings. The number of fused-ring (bicyclic) bond motifs is 1. The molecule has 1 aromatic carbocycles. The van der Waals surface area contributed by atoms with E-state index in [2.05, 4.69) is 0 Å².